The zero-order valence-electron chi connectivity index (χ0n) is 15.1. The Morgan fingerprint density at radius 1 is 1.23 bits per heavy atom. The van der Waals surface area contributed by atoms with Gasteiger partial charge in [0.15, 0.2) is 0 Å². The Labute approximate surface area is 163 Å². The minimum atomic E-state index is -1.41. The van der Waals surface area contributed by atoms with Crippen molar-refractivity contribution in [3.05, 3.63) is 33.8 Å². The summed E-state index contributed by atoms with van der Waals surface area (Å²) in [6.45, 7) is 4.75. The van der Waals surface area contributed by atoms with E-state index in [0.717, 1.165) is 12.4 Å². The Morgan fingerprint density at radius 2 is 1.85 bits per heavy atom. The fourth-order valence-corrected chi connectivity index (χ4v) is 3.46. The summed E-state index contributed by atoms with van der Waals surface area (Å²) >= 11 is 11.8. The second-order valence-electron chi connectivity index (χ2n) is 6.47. The van der Waals surface area contributed by atoms with Crippen LogP contribution in [0.15, 0.2) is 23.2 Å². The molecule has 0 bridgehead atoms. The second kappa shape index (κ2) is 9.53. The fraction of sp³-hybridized carbons (Fsp3) is 0.556. The highest BCUT2D eigenvalue weighted by atomic mass is 35.5. The van der Waals surface area contributed by atoms with Crippen LogP contribution in [0.4, 0.5) is 4.39 Å². The van der Waals surface area contributed by atoms with Crippen molar-refractivity contribution in [2.45, 2.75) is 25.4 Å². The first-order valence-corrected chi connectivity index (χ1v) is 9.46. The smallest absolute Gasteiger partial charge is 0.251 e. The summed E-state index contributed by atoms with van der Waals surface area (Å²) in [6, 6.07) is 4.58. The fourth-order valence-electron chi connectivity index (χ4n) is 2.94. The molecule has 0 aliphatic carbocycles. The maximum Gasteiger partial charge on any atom is 0.251 e. The van der Waals surface area contributed by atoms with Crippen LogP contribution in [-0.2, 0) is 0 Å². The Hall–Kier alpha value is -1.37. The highest BCUT2D eigenvalue weighted by Gasteiger charge is 2.35. The number of nitrogens with zero attached hydrogens (tertiary/aromatic N) is 2. The van der Waals surface area contributed by atoms with E-state index in [2.05, 4.69) is 20.5 Å². The number of benzene rings is 1. The number of rotatable bonds is 6. The van der Waals surface area contributed by atoms with E-state index in [4.69, 9.17) is 23.2 Å². The SMILES string of the molecule is CCNC(CN1CCC(F)(CNC(=O)c2cc(Cl)cc(Cl)c2)CC1)=NC. The molecule has 2 rings (SSSR count). The molecule has 0 radical (unpaired) electrons. The van der Waals surface area contributed by atoms with E-state index < -0.39 is 5.67 Å². The van der Waals surface area contributed by atoms with Gasteiger partial charge in [0.1, 0.15) is 11.5 Å². The highest BCUT2D eigenvalue weighted by Crippen LogP contribution is 2.26. The van der Waals surface area contributed by atoms with Crippen molar-refractivity contribution in [1.82, 2.24) is 15.5 Å². The average molecular weight is 403 g/mol. The molecule has 5 nitrogen and oxygen atoms in total. The van der Waals surface area contributed by atoms with Crippen molar-refractivity contribution in [2.75, 3.05) is 39.8 Å². The van der Waals surface area contributed by atoms with Gasteiger partial charge < -0.3 is 10.6 Å². The molecule has 1 amide bonds. The molecule has 0 atom stereocenters. The average Bonchev–Trinajstić information content (AvgIpc) is 2.60. The number of alkyl halides is 1. The summed E-state index contributed by atoms with van der Waals surface area (Å²) in [6.07, 6.45) is 0.736. The van der Waals surface area contributed by atoms with E-state index in [1.54, 1.807) is 13.1 Å². The summed E-state index contributed by atoms with van der Waals surface area (Å²) in [5, 5.41) is 6.62. The summed E-state index contributed by atoms with van der Waals surface area (Å²) in [5.41, 5.74) is -1.08. The van der Waals surface area contributed by atoms with Crippen LogP contribution in [0.5, 0.6) is 0 Å². The number of hydrogen-bond acceptors (Lipinski definition) is 3. The van der Waals surface area contributed by atoms with Gasteiger partial charge in [-0.2, -0.15) is 0 Å². The predicted molar refractivity (Wildman–Crippen MR) is 105 cm³/mol. The van der Waals surface area contributed by atoms with Crippen LogP contribution in [0, 0.1) is 0 Å². The number of halogens is 3. The summed E-state index contributed by atoms with van der Waals surface area (Å²) < 4.78 is 15.0. The molecule has 1 fully saturated rings. The van der Waals surface area contributed by atoms with Gasteiger partial charge in [-0.15, -0.1) is 0 Å². The lowest BCUT2D eigenvalue weighted by atomic mass is 9.93. The van der Waals surface area contributed by atoms with Crippen LogP contribution in [0.25, 0.3) is 0 Å². The lowest BCUT2D eigenvalue weighted by molar-refractivity contribution is 0.0595. The highest BCUT2D eigenvalue weighted by molar-refractivity contribution is 6.35. The van der Waals surface area contributed by atoms with Crippen molar-refractivity contribution in [2.24, 2.45) is 4.99 Å². The predicted octanol–water partition coefficient (Wildman–Crippen LogP) is 3.17. The zero-order chi connectivity index (χ0) is 19.2. The number of piperidine rings is 1. The second-order valence-corrected chi connectivity index (χ2v) is 7.34. The van der Waals surface area contributed by atoms with E-state index in [-0.39, 0.29) is 12.5 Å². The third kappa shape index (κ3) is 6.11. The van der Waals surface area contributed by atoms with Gasteiger partial charge >= 0.3 is 0 Å². The molecule has 1 aromatic rings. The Bertz CT molecular complexity index is 640. The normalized spacial score (nSPS) is 17.8. The van der Waals surface area contributed by atoms with Crippen LogP contribution in [0.2, 0.25) is 10.0 Å². The first-order chi connectivity index (χ1) is 12.3. The number of amidine groups is 1. The van der Waals surface area contributed by atoms with Gasteiger partial charge in [-0.05, 0) is 38.0 Å². The molecule has 0 unspecified atom stereocenters. The third-order valence-corrected chi connectivity index (χ3v) is 4.90. The van der Waals surface area contributed by atoms with Gasteiger partial charge in [-0.1, -0.05) is 23.2 Å². The largest absolute Gasteiger partial charge is 0.373 e. The Balaban J connectivity index is 1.84. The number of aliphatic imine (C=N–C) groups is 1. The van der Waals surface area contributed by atoms with Crippen LogP contribution in [-0.4, -0.2) is 62.1 Å². The van der Waals surface area contributed by atoms with Gasteiger partial charge in [-0.3, -0.25) is 14.7 Å². The molecule has 1 aliphatic heterocycles. The van der Waals surface area contributed by atoms with Crippen molar-refractivity contribution in [3.63, 3.8) is 0 Å². The van der Waals surface area contributed by atoms with Crippen LogP contribution >= 0.6 is 23.2 Å². The Kier molecular flexibility index (Phi) is 7.68. The molecule has 26 heavy (non-hydrogen) atoms. The van der Waals surface area contributed by atoms with Crippen LogP contribution in [0.1, 0.15) is 30.1 Å². The van der Waals surface area contributed by atoms with Gasteiger partial charge in [-0.25, -0.2) is 4.39 Å². The monoisotopic (exact) mass is 402 g/mol. The molecule has 2 N–H and O–H groups in total. The topological polar surface area (TPSA) is 56.7 Å². The van der Waals surface area contributed by atoms with Gasteiger partial charge in [0, 0.05) is 42.3 Å². The van der Waals surface area contributed by atoms with Crippen molar-refractivity contribution >= 4 is 34.9 Å². The van der Waals surface area contributed by atoms with Gasteiger partial charge in [0.05, 0.1) is 13.1 Å². The van der Waals surface area contributed by atoms with E-state index >= 15 is 4.39 Å². The number of carbonyl (C=O) groups is 1. The van der Waals surface area contributed by atoms with Crippen molar-refractivity contribution < 1.29 is 9.18 Å². The lowest BCUT2D eigenvalue weighted by Crippen LogP contribution is -2.50. The molecule has 1 heterocycles. The van der Waals surface area contributed by atoms with Crippen molar-refractivity contribution in [3.8, 4) is 0 Å². The maximum atomic E-state index is 15.0. The standard InChI is InChI=1S/C18H25Cl2FN4O/c1-3-23-16(22-2)11-25-6-4-18(21,5-7-25)12-24-17(26)13-8-14(19)10-15(20)9-13/h8-10H,3-7,11-12H2,1-2H3,(H,22,23)(H,24,26). The molecule has 1 aromatic carbocycles. The number of likely N-dealkylation sites (N-methyl/N-ethyl adjacent to an activating group) is 1. The first kappa shape index (κ1) is 20.9. The number of nitrogens with one attached hydrogen (secondary N) is 2. The van der Waals surface area contributed by atoms with E-state index in [9.17, 15) is 4.79 Å². The molecular weight excluding hydrogens is 378 g/mol. The van der Waals surface area contributed by atoms with E-state index in [1.807, 2.05) is 6.92 Å². The van der Waals surface area contributed by atoms with Gasteiger partial charge in [0.2, 0.25) is 0 Å². The molecule has 1 saturated heterocycles. The third-order valence-electron chi connectivity index (χ3n) is 4.47. The number of carbonyl (C=O) groups excluding carboxylic acids is 1. The Morgan fingerprint density at radius 3 is 2.38 bits per heavy atom. The zero-order valence-corrected chi connectivity index (χ0v) is 16.6. The quantitative estimate of drug-likeness (QED) is 0.567. The first-order valence-electron chi connectivity index (χ1n) is 8.70. The minimum Gasteiger partial charge on any atom is -0.373 e. The lowest BCUT2D eigenvalue weighted by Gasteiger charge is -2.36. The van der Waals surface area contributed by atoms with Crippen LogP contribution in [0.3, 0.4) is 0 Å². The molecule has 144 valence electrons. The number of amides is 1. The van der Waals surface area contributed by atoms with Crippen LogP contribution < -0.4 is 10.6 Å². The van der Waals surface area contributed by atoms with Gasteiger partial charge in [0.25, 0.3) is 5.91 Å². The molecule has 0 spiro atoms. The molecule has 1 aliphatic rings. The van der Waals surface area contributed by atoms with E-state index in [1.165, 1.54) is 12.1 Å². The summed E-state index contributed by atoms with van der Waals surface area (Å²) in [7, 11) is 1.75. The van der Waals surface area contributed by atoms with E-state index in [0.29, 0.717) is 48.1 Å². The molecule has 0 aromatic heterocycles. The molecule has 8 heteroatoms. The minimum absolute atomic E-state index is 0.0221. The maximum absolute atomic E-state index is 15.0. The number of hydrogen-bond donors (Lipinski definition) is 2. The summed E-state index contributed by atoms with van der Waals surface area (Å²) in [5.74, 6) is 0.534. The van der Waals surface area contributed by atoms with Crippen molar-refractivity contribution in [1.29, 1.82) is 0 Å². The summed E-state index contributed by atoms with van der Waals surface area (Å²) in [4.78, 5) is 18.6. The molecular formula is C18H25Cl2FN4O. The number of likely N-dealkylation sites (tertiary alicyclic amines) is 1. The molecule has 0 saturated carbocycles.